The van der Waals surface area contributed by atoms with E-state index in [1.165, 1.54) is 103 Å². The zero-order valence-electron chi connectivity index (χ0n) is 16.5. The van der Waals surface area contributed by atoms with Crippen molar-refractivity contribution < 1.29 is 0 Å². The van der Waals surface area contributed by atoms with E-state index < -0.39 is 0 Å². The molecule has 0 unspecified atom stereocenters. The molecule has 0 rings (SSSR count). The van der Waals surface area contributed by atoms with E-state index in [2.05, 4.69) is 32.3 Å². The minimum atomic E-state index is 1.12. The molecule has 0 fully saturated rings. The highest BCUT2D eigenvalue weighted by Gasteiger charge is 1.96. The van der Waals surface area contributed by atoms with Gasteiger partial charge in [0.1, 0.15) is 0 Å². The number of nitrogens with zero attached hydrogens (tertiary/aromatic N) is 1. The van der Waals surface area contributed by atoms with Crippen LogP contribution in [0.3, 0.4) is 0 Å². The summed E-state index contributed by atoms with van der Waals surface area (Å²) in [6, 6.07) is 0. The minimum Gasteiger partial charge on any atom is -0.302 e. The molecule has 0 spiro atoms. The van der Waals surface area contributed by atoms with E-state index in [1.807, 2.05) is 0 Å². The van der Waals surface area contributed by atoms with E-state index in [0.717, 1.165) is 13.0 Å². The highest BCUT2D eigenvalue weighted by molar-refractivity contribution is 4.62. The van der Waals surface area contributed by atoms with E-state index in [4.69, 9.17) is 0 Å². The van der Waals surface area contributed by atoms with Gasteiger partial charge in [0.25, 0.3) is 0 Å². The monoisotopic (exact) mass is 323 g/mol. The Morgan fingerprint density at radius 2 is 0.957 bits per heavy atom. The first-order chi connectivity index (χ1) is 11.3. The maximum absolute atomic E-state index is 3.90. The minimum absolute atomic E-state index is 1.12. The Morgan fingerprint density at radius 3 is 1.30 bits per heavy atom. The van der Waals surface area contributed by atoms with Crippen molar-refractivity contribution >= 4 is 0 Å². The third kappa shape index (κ3) is 19.9. The molecule has 0 aliphatic heterocycles. The molecular formula is C22H45N. The third-order valence-electron chi connectivity index (χ3n) is 4.89. The topological polar surface area (TPSA) is 3.24 Å². The highest BCUT2D eigenvalue weighted by atomic mass is 15.1. The summed E-state index contributed by atoms with van der Waals surface area (Å²) in [5.41, 5.74) is 0. The first-order valence-corrected chi connectivity index (χ1v) is 10.6. The van der Waals surface area contributed by atoms with Gasteiger partial charge in [0.2, 0.25) is 0 Å². The number of unbranched alkanes of at least 4 members (excludes halogenated alkanes) is 16. The smallest absolute Gasteiger partial charge is 0.0248 e. The van der Waals surface area contributed by atoms with E-state index in [0.29, 0.717) is 0 Å². The molecule has 1 heteroatoms. The van der Waals surface area contributed by atoms with Crippen molar-refractivity contribution in [2.45, 2.75) is 116 Å². The van der Waals surface area contributed by atoms with Crippen LogP contribution in [-0.2, 0) is 0 Å². The fraction of sp³-hybridized carbons (Fsp3) is 0.909. The highest BCUT2D eigenvalue weighted by Crippen LogP contribution is 2.14. The average Bonchev–Trinajstić information content (AvgIpc) is 2.57. The summed E-state index contributed by atoms with van der Waals surface area (Å²) in [6.07, 6.45) is 23.9. The lowest BCUT2D eigenvalue weighted by molar-refractivity contribution is 0.405. The van der Waals surface area contributed by atoms with Crippen molar-refractivity contribution in [1.82, 2.24) is 4.90 Å². The zero-order chi connectivity index (χ0) is 17.0. The van der Waals surface area contributed by atoms with Crippen LogP contribution in [-0.4, -0.2) is 18.5 Å². The summed E-state index contributed by atoms with van der Waals surface area (Å²) in [6.45, 7) is 9.59. The molecule has 0 amide bonds. The first kappa shape index (κ1) is 23.0. The van der Waals surface area contributed by atoms with Gasteiger partial charge in [0, 0.05) is 6.54 Å². The molecule has 0 aliphatic carbocycles. The van der Waals surface area contributed by atoms with Crippen molar-refractivity contribution in [3.63, 3.8) is 0 Å². The molecule has 0 atom stereocenters. The van der Waals surface area contributed by atoms with Gasteiger partial charge in [-0.1, -0.05) is 117 Å². The second-order valence-electron chi connectivity index (χ2n) is 7.20. The molecule has 0 saturated carbocycles. The lowest BCUT2D eigenvalue weighted by Crippen LogP contribution is -2.13. The van der Waals surface area contributed by atoms with Crippen LogP contribution in [0.2, 0.25) is 0 Å². The molecule has 138 valence electrons. The lowest BCUT2D eigenvalue weighted by Gasteiger charge is -2.12. The Bertz CT molecular complexity index is 202. The summed E-state index contributed by atoms with van der Waals surface area (Å²) >= 11 is 0. The SMILES string of the molecule is [CH2]CCCCCCCCCCCCCCCCC[CH]N(C)CC. The second-order valence-corrected chi connectivity index (χ2v) is 7.20. The van der Waals surface area contributed by atoms with Crippen molar-refractivity contribution in [2.75, 3.05) is 13.6 Å². The average molecular weight is 324 g/mol. The number of hydrogen-bond acceptors (Lipinski definition) is 1. The van der Waals surface area contributed by atoms with E-state index in [-0.39, 0.29) is 0 Å². The van der Waals surface area contributed by atoms with Crippen LogP contribution in [0.1, 0.15) is 116 Å². The summed E-state index contributed by atoms with van der Waals surface area (Å²) in [4.78, 5) is 2.29. The van der Waals surface area contributed by atoms with Gasteiger partial charge < -0.3 is 4.90 Å². The van der Waals surface area contributed by atoms with Gasteiger partial charge >= 0.3 is 0 Å². The van der Waals surface area contributed by atoms with E-state index >= 15 is 0 Å². The Balaban J connectivity index is 2.97. The lowest BCUT2D eigenvalue weighted by atomic mass is 10.0. The predicted molar refractivity (Wildman–Crippen MR) is 106 cm³/mol. The van der Waals surface area contributed by atoms with Gasteiger partial charge in [-0.05, 0) is 20.0 Å². The molecule has 0 bridgehead atoms. The Morgan fingerprint density at radius 1 is 0.609 bits per heavy atom. The standard InChI is InChI=1S/C22H45N/c1-4-6-7-8-9-10-11-12-13-14-15-16-17-18-19-20-21-22-23(3)5-2/h22H,1,4-21H2,2-3H3. The van der Waals surface area contributed by atoms with Crippen molar-refractivity contribution in [3.8, 4) is 0 Å². The van der Waals surface area contributed by atoms with Crippen LogP contribution in [0.5, 0.6) is 0 Å². The van der Waals surface area contributed by atoms with Crippen LogP contribution in [0.25, 0.3) is 0 Å². The molecule has 0 heterocycles. The summed E-state index contributed by atoms with van der Waals surface area (Å²) in [5, 5.41) is 0. The normalized spacial score (nSPS) is 11.5. The number of rotatable bonds is 19. The molecule has 0 aromatic rings. The van der Waals surface area contributed by atoms with Crippen molar-refractivity contribution in [3.05, 3.63) is 13.5 Å². The Hall–Kier alpha value is -0.0400. The second kappa shape index (κ2) is 20.0. The van der Waals surface area contributed by atoms with Crippen LogP contribution in [0.15, 0.2) is 0 Å². The van der Waals surface area contributed by atoms with Gasteiger partial charge in [0.15, 0.2) is 0 Å². The molecule has 0 N–H and O–H groups in total. The van der Waals surface area contributed by atoms with E-state index in [1.54, 1.807) is 0 Å². The van der Waals surface area contributed by atoms with Gasteiger partial charge in [-0.25, -0.2) is 0 Å². The fourth-order valence-corrected chi connectivity index (χ4v) is 3.06. The summed E-state index contributed by atoms with van der Waals surface area (Å²) in [7, 11) is 2.17. The Kier molecular flexibility index (Phi) is 20.0. The molecule has 23 heavy (non-hydrogen) atoms. The largest absolute Gasteiger partial charge is 0.302 e. The quantitative estimate of drug-likeness (QED) is 0.222. The van der Waals surface area contributed by atoms with Crippen molar-refractivity contribution in [1.29, 1.82) is 0 Å². The molecule has 0 aliphatic rings. The molecule has 0 aromatic heterocycles. The fourth-order valence-electron chi connectivity index (χ4n) is 3.06. The molecule has 1 nitrogen and oxygen atoms in total. The van der Waals surface area contributed by atoms with Gasteiger partial charge in [-0.3, -0.25) is 0 Å². The third-order valence-corrected chi connectivity index (χ3v) is 4.89. The Labute approximate surface area is 148 Å². The van der Waals surface area contributed by atoms with Crippen molar-refractivity contribution in [2.24, 2.45) is 0 Å². The van der Waals surface area contributed by atoms with Gasteiger partial charge in [-0.15, -0.1) is 0 Å². The van der Waals surface area contributed by atoms with Crippen LogP contribution < -0.4 is 0 Å². The molecule has 0 saturated heterocycles. The molecule has 2 radical (unpaired) electrons. The van der Waals surface area contributed by atoms with Crippen LogP contribution >= 0.6 is 0 Å². The molecule has 0 aromatic carbocycles. The zero-order valence-corrected chi connectivity index (χ0v) is 16.5. The summed E-state index contributed by atoms with van der Waals surface area (Å²) in [5.74, 6) is 0. The van der Waals surface area contributed by atoms with Gasteiger partial charge in [0.05, 0.1) is 0 Å². The molecular weight excluding hydrogens is 278 g/mol. The van der Waals surface area contributed by atoms with Crippen LogP contribution in [0.4, 0.5) is 0 Å². The first-order valence-electron chi connectivity index (χ1n) is 10.6. The maximum Gasteiger partial charge on any atom is 0.0248 e. The number of hydrogen-bond donors (Lipinski definition) is 0. The predicted octanol–water partition coefficient (Wildman–Crippen LogP) is 7.57. The van der Waals surface area contributed by atoms with Gasteiger partial charge in [-0.2, -0.15) is 0 Å². The summed E-state index contributed by atoms with van der Waals surface area (Å²) < 4.78 is 0. The van der Waals surface area contributed by atoms with E-state index in [9.17, 15) is 0 Å². The maximum atomic E-state index is 3.90. The van der Waals surface area contributed by atoms with Crippen LogP contribution in [0, 0.1) is 13.5 Å².